The summed E-state index contributed by atoms with van der Waals surface area (Å²) in [5.41, 5.74) is 3.46. The van der Waals surface area contributed by atoms with Crippen LogP contribution in [0.3, 0.4) is 0 Å². The molecule has 0 aliphatic carbocycles. The molecule has 3 rings (SSSR count). The molecule has 1 fully saturated rings. The molecule has 3 N–H and O–H groups in total. The fourth-order valence-electron chi connectivity index (χ4n) is 4.16. The van der Waals surface area contributed by atoms with E-state index in [2.05, 4.69) is 25.2 Å². The van der Waals surface area contributed by atoms with Gasteiger partial charge in [0.2, 0.25) is 10.0 Å². The van der Waals surface area contributed by atoms with Crippen LogP contribution in [0.4, 0.5) is 14.9 Å². The van der Waals surface area contributed by atoms with Gasteiger partial charge in [-0.15, -0.1) is 0 Å². The number of aryl methyl sites for hydroxylation is 3. The highest BCUT2D eigenvalue weighted by Gasteiger charge is 2.24. The lowest BCUT2D eigenvalue weighted by Gasteiger charge is -2.32. The predicted octanol–water partition coefficient (Wildman–Crippen LogP) is 3.42. The number of nitrogens with zero attached hydrogens (tertiary/aromatic N) is 2. The quantitative estimate of drug-likeness (QED) is 0.434. The minimum absolute atomic E-state index is 0.124. The van der Waals surface area contributed by atoms with Gasteiger partial charge in [-0.2, -0.15) is 0 Å². The summed E-state index contributed by atoms with van der Waals surface area (Å²) >= 11 is 0. The van der Waals surface area contributed by atoms with E-state index in [4.69, 9.17) is 0 Å². The van der Waals surface area contributed by atoms with Crippen molar-refractivity contribution in [1.29, 1.82) is 0 Å². The van der Waals surface area contributed by atoms with Gasteiger partial charge in [-0.1, -0.05) is 19.1 Å². The van der Waals surface area contributed by atoms with E-state index < -0.39 is 10.0 Å². The molecule has 0 atom stereocenters. The Morgan fingerprint density at radius 3 is 2.54 bits per heavy atom. The van der Waals surface area contributed by atoms with Crippen molar-refractivity contribution in [1.82, 2.24) is 19.9 Å². The maximum Gasteiger partial charge on any atom is 0.319 e. The minimum atomic E-state index is -3.59. The molecule has 0 unspecified atom stereocenters. The van der Waals surface area contributed by atoms with Crippen molar-refractivity contribution >= 4 is 21.7 Å². The van der Waals surface area contributed by atoms with Gasteiger partial charge in [0, 0.05) is 36.2 Å². The number of nitrogens with one attached hydrogen (secondary N) is 3. The zero-order chi connectivity index (χ0) is 25.3. The smallest absolute Gasteiger partial charge is 0.319 e. The number of amides is 2. The Bertz CT molecular complexity index is 1070. The molecule has 2 aromatic rings. The van der Waals surface area contributed by atoms with E-state index in [9.17, 15) is 17.6 Å². The molecule has 0 bridgehead atoms. The molecule has 0 saturated carbocycles. The van der Waals surface area contributed by atoms with E-state index in [0.717, 1.165) is 42.1 Å². The van der Waals surface area contributed by atoms with Crippen LogP contribution in [-0.2, 0) is 22.9 Å². The number of sulfonamides is 1. The number of anilines is 1. The second-order valence-corrected chi connectivity index (χ2v) is 10.6. The fraction of sp³-hybridized carbons (Fsp3) is 0.520. The Balaban J connectivity index is 1.38. The van der Waals surface area contributed by atoms with Gasteiger partial charge in [0.15, 0.2) is 0 Å². The Morgan fingerprint density at radius 1 is 1.17 bits per heavy atom. The molecule has 192 valence electrons. The molecule has 1 aliphatic heterocycles. The molecule has 0 radical (unpaired) electrons. The lowest BCUT2D eigenvalue weighted by Crippen LogP contribution is -2.46. The number of aromatic nitrogens is 1. The van der Waals surface area contributed by atoms with Crippen molar-refractivity contribution in [3.63, 3.8) is 0 Å². The molecule has 1 aliphatic rings. The van der Waals surface area contributed by atoms with Crippen molar-refractivity contribution in [2.24, 2.45) is 0 Å². The van der Waals surface area contributed by atoms with Crippen molar-refractivity contribution in [3.8, 4) is 0 Å². The third-order valence-electron chi connectivity index (χ3n) is 6.08. The van der Waals surface area contributed by atoms with Crippen LogP contribution in [0.1, 0.15) is 43.1 Å². The molecule has 8 nitrogen and oxygen atoms in total. The highest BCUT2D eigenvalue weighted by molar-refractivity contribution is 7.89. The average Bonchev–Trinajstić information content (AvgIpc) is 2.83. The summed E-state index contributed by atoms with van der Waals surface area (Å²) in [5, 5.41) is 5.73. The fourth-order valence-corrected chi connectivity index (χ4v) is 5.47. The van der Waals surface area contributed by atoms with Gasteiger partial charge < -0.3 is 15.5 Å². The van der Waals surface area contributed by atoms with Gasteiger partial charge in [0.05, 0.1) is 11.6 Å². The van der Waals surface area contributed by atoms with Crippen LogP contribution >= 0.6 is 0 Å². The van der Waals surface area contributed by atoms with Crippen molar-refractivity contribution in [3.05, 3.63) is 53.3 Å². The molecule has 0 spiro atoms. The number of hydrogen-bond donors (Lipinski definition) is 3. The van der Waals surface area contributed by atoms with Crippen molar-refractivity contribution in [2.45, 2.75) is 56.9 Å². The summed E-state index contributed by atoms with van der Waals surface area (Å²) in [4.78, 5) is 19.1. The summed E-state index contributed by atoms with van der Waals surface area (Å²) in [6, 6.07) is 9.99. The number of pyridine rings is 1. The summed E-state index contributed by atoms with van der Waals surface area (Å²) in [5.74, 6) is 0. The Labute approximate surface area is 207 Å². The second kappa shape index (κ2) is 12.9. The first-order valence-corrected chi connectivity index (χ1v) is 13.7. The highest BCUT2D eigenvalue weighted by atomic mass is 32.2. The van der Waals surface area contributed by atoms with E-state index in [-0.39, 0.29) is 23.6 Å². The standard InChI is InChI=1S/C25H36FN5O3S/c1-3-21-18-23(17-19(2)28-21)29-25(32)27-13-16-31-14-10-22(11-15-31)30-35(33,34)24-8-6-20(7-9-24)5-4-12-26/h6-9,17-18,22,30H,3-5,10-16H2,1-2H3,(H2,27,28,29,32). The number of alkyl halides is 1. The van der Waals surface area contributed by atoms with E-state index >= 15 is 0 Å². The maximum absolute atomic E-state index is 12.7. The van der Waals surface area contributed by atoms with Crippen LogP contribution < -0.4 is 15.4 Å². The molecule has 10 heteroatoms. The molecule has 1 aromatic heterocycles. The molecular formula is C25H36FN5O3S. The highest BCUT2D eigenvalue weighted by Crippen LogP contribution is 2.16. The monoisotopic (exact) mass is 505 g/mol. The number of hydrogen-bond acceptors (Lipinski definition) is 5. The number of carbonyl (C=O) groups is 1. The van der Waals surface area contributed by atoms with Gasteiger partial charge >= 0.3 is 6.03 Å². The number of likely N-dealkylation sites (tertiary alicyclic amines) is 1. The van der Waals surface area contributed by atoms with Crippen molar-refractivity contribution < 1.29 is 17.6 Å². The largest absolute Gasteiger partial charge is 0.337 e. The number of halogens is 1. The average molecular weight is 506 g/mol. The molecule has 1 aromatic carbocycles. The predicted molar refractivity (Wildman–Crippen MR) is 136 cm³/mol. The second-order valence-electron chi connectivity index (χ2n) is 8.90. The van der Waals surface area contributed by atoms with Gasteiger partial charge in [0.1, 0.15) is 0 Å². The Kier molecular flexibility index (Phi) is 10.00. The number of urea groups is 1. The lowest BCUT2D eigenvalue weighted by atomic mass is 10.1. The first kappa shape index (κ1) is 27.0. The first-order chi connectivity index (χ1) is 16.8. The van der Waals surface area contributed by atoms with E-state index in [1.807, 2.05) is 26.0 Å². The van der Waals surface area contributed by atoms with Crippen LogP contribution in [0.2, 0.25) is 0 Å². The van der Waals surface area contributed by atoms with Crippen LogP contribution in [0.15, 0.2) is 41.3 Å². The Morgan fingerprint density at radius 2 is 1.89 bits per heavy atom. The van der Waals surface area contributed by atoms with E-state index in [0.29, 0.717) is 38.8 Å². The minimum Gasteiger partial charge on any atom is -0.337 e. The SMILES string of the molecule is CCc1cc(NC(=O)NCCN2CCC(NS(=O)(=O)c3ccc(CCCF)cc3)CC2)cc(C)n1. The van der Waals surface area contributed by atoms with Gasteiger partial charge in [-0.3, -0.25) is 9.37 Å². The molecule has 2 heterocycles. The number of benzene rings is 1. The summed E-state index contributed by atoms with van der Waals surface area (Å²) in [7, 11) is -3.59. The van der Waals surface area contributed by atoms with Crippen LogP contribution in [0.5, 0.6) is 0 Å². The molecular weight excluding hydrogens is 469 g/mol. The van der Waals surface area contributed by atoms with E-state index in [1.165, 1.54) is 0 Å². The first-order valence-electron chi connectivity index (χ1n) is 12.2. The number of piperidine rings is 1. The molecule has 35 heavy (non-hydrogen) atoms. The van der Waals surface area contributed by atoms with Crippen LogP contribution in [0.25, 0.3) is 0 Å². The number of carbonyl (C=O) groups excluding carboxylic acids is 1. The van der Waals surface area contributed by atoms with Gasteiger partial charge in [0.25, 0.3) is 0 Å². The van der Waals surface area contributed by atoms with Gasteiger partial charge in [-0.25, -0.2) is 17.9 Å². The zero-order valence-electron chi connectivity index (χ0n) is 20.5. The third kappa shape index (κ3) is 8.55. The lowest BCUT2D eigenvalue weighted by molar-refractivity contribution is 0.206. The van der Waals surface area contributed by atoms with Crippen LogP contribution in [-0.4, -0.2) is 63.2 Å². The summed E-state index contributed by atoms with van der Waals surface area (Å²) < 4.78 is 40.6. The van der Waals surface area contributed by atoms with E-state index in [1.54, 1.807) is 24.3 Å². The zero-order valence-corrected chi connectivity index (χ0v) is 21.3. The van der Waals surface area contributed by atoms with Crippen molar-refractivity contribution in [2.75, 3.05) is 38.2 Å². The summed E-state index contributed by atoms with van der Waals surface area (Å²) in [6.07, 6.45) is 3.25. The van der Waals surface area contributed by atoms with Gasteiger partial charge in [-0.05, 0) is 81.9 Å². The normalized spacial score (nSPS) is 15.2. The van der Waals surface area contributed by atoms with Crippen LogP contribution in [0, 0.1) is 6.92 Å². The number of rotatable bonds is 11. The third-order valence-corrected chi connectivity index (χ3v) is 7.62. The molecule has 2 amide bonds. The topological polar surface area (TPSA) is 103 Å². The Hall–Kier alpha value is -2.56. The summed E-state index contributed by atoms with van der Waals surface area (Å²) in [6.45, 7) is 6.25. The maximum atomic E-state index is 12.7. The molecule has 1 saturated heterocycles.